The van der Waals surface area contributed by atoms with Gasteiger partial charge in [-0.05, 0) is 38.3 Å². The molecule has 0 amide bonds. The van der Waals surface area contributed by atoms with Crippen molar-refractivity contribution in [3.63, 3.8) is 0 Å². The van der Waals surface area contributed by atoms with E-state index in [1.807, 2.05) is 6.92 Å². The van der Waals surface area contributed by atoms with Gasteiger partial charge in [-0.25, -0.2) is 9.18 Å². The van der Waals surface area contributed by atoms with Gasteiger partial charge in [-0.1, -0.05) is 6.07 Å². The fraction of sp³-hybridized carbons (Fsp3) is 0.533. The minimum atomic E-state index is -0.922. The molecule has 110 valence electrons. The number of benzene rings is 1. The van der Waals surface area contributed by atoms with Crippen LogP contribution in [0.5, 0.6) is 5.75 Å². The Kier molecular flexibility index (Phi) is 4.28. The molecule has 1 aliphatic rings. The second kappa shape index (κ2) is 5.79. The molecule has 0 aliphatic heterocycles. The lowest BCUT2D eigenvalue weighted by molar-refractivity contribution is -0.149. The number of hydrogen-bond donors (Lipinski definition) is 1. The molecule has 5 heteroatoms. The van der Waals surface area contributed by atoms with Crippen molar-refractivity contribution in [2.45, 2.75) is 38.3 Å². The van der Waals surface area contributed by atoms with Crippen molar-refractivity contribution >= 4 is 5.97 Å². The summed E-state index contributed by atoms with van der Waals surface area (Å²) in [5.74, 6) is -0.295. The zero-order valence-electron chi connectivity index (χ0n) is 12.0. The second-order valence-corrected chi connectivity index (χ2v) is 5.44. The lowest BCUT2D eigenvalue weighted by Gasteiger charge is -2.28. The van der Waals surface area contributed by atoms with Crippen LogP contribution in [-0.2, 0) is 9.53 Å². The molecule has 0 heterocycles. The molecule has 1 aliphatic carbocycles. The van der Waals surface area contributed by atoms with Gasteiger partial charge in [0.2, 0.25) is 0 Å². The summed E-state index contributed by atoms with van der Waals surface area (Å²) in [5, 5.41) is 3.23. The third-order valence-electron chi connectivity index (χ3n) is 3.40. The Morgan fingerprint density at radius 3 is 2.80 bits per heavy atom. The van der Waals surface area contributed by atoms with Crippen molar-refractivity contribution in [1.82, 2.24) is 5.32 Å². The standard InChI is InChI=1S/C15H20FNO3/c1-10-4-5-11(16)8-13(10)20-9-15(2,14(18)19-3)17-12-6-7-12/h4-5,8,12,17H,6-7,9H2,1-3H3. The molecule has 0 bridgehead atoms. The van der Waals surface area contributed by atoms with Crippen LogP contribution in [0.15, 0.2) is 18.2 Å². The molecule has 1 atom stereocenters. The zero-order chi connectivity index (χ0) is 14.8. The molecule has 1 aromatic rings. The van der Waals surface area contributed by atoms with E-state index in [2.05, 4.69) is 5.32 Å². The first-order valence-electron chi connectivity index (χ1n) is 6.70. The molecule has 0 spiro atoms. The SMILES string of the molecule is COC(=O)C(C)(COc1cc(F)ccc1C)NC1CC1. The first kappa shape index (κ1) is 14.8. The van der Waals surface area contributed by atoms with Gasteiger partial charge in [0, 0.05) is 12.1 Å². The van der Waals surface area contributed by atoms with Gasteiger partial charge in [0.25, 0.3) is 0 Å². The van der Waals surface area contributed by atoms with E-state index in [1.165, 1.54) is 19.2 Å². The minimum Gasteiger partial charge on any atom is -0.491 e. The van der Waals surface area contributed by atoms with E-state index in [4.69, 9.17) is 9.47 Å². The molecule has 1 aromatic carbocycles. The summed E-state index contributed by atoms with van der Waals surface area (Å²) in [7, 11) is 1.35. The molecule has 2 rings (SSSR count). The highest BCUT2D eigenvalue weighted by Crippen LogP contribution is 2.25. The number of hydrogen-bond acceptors (Lipinski definition) is 4. The number of esters is 1. The number of carbonyl (C=O) groups excluding carboxylic acids is 1. The summed E-state index contributed by atoms with van der Waals surface area (Å²) in [5.41, 5.74) is -0.0978. The monoisotopic (exact) mass is 281 g/mol. The van der Waals surface area contributed by atoms with Crippen LogP contribution in [0, 0.1) is 12.7 Å². The molecule has 4 nitrogen and oxygen atoms in total. The Morgan fingerprint density at radius 1 is 1.50 bits per heavy atom. The third kappa shape index (κ3) is 3.48. The van der Waals surface area contributed by atoms with Crippen LogP contribution < -0.4 is 10.1 Å². The first-order valence-corrected chi connectivity index (χ1v) is 6.70. The molecule has 1 N–H and O–H groups in total. The van der Waals surface area contributed by atoms with Gasteiger partial charge >= 0.3 is 5.97 Å². The number of methoxy groups -OCH3 is 1. The fourth-order valence-corrected chi connectivity index (χ4v) is 2.01. The average Bonchev–Trinajstić information content (AvgIpc) is 3.22. The highest BCUT2D eigenvalue weighted by molar-refractivity contribution is 5.80. The Bertz CT molecular complexity index is 502. The highest BCUT2D eigenvalue weighted by atomic mass is 19.1. The summed E-state index contributed by atoms with van der Waals surface area (Å²) in [6.45, 7) is 3.67. The molecule has 0 aromatic heterocycles. The van der Waals surface area contributed by atoms with Gasteiger partial charge < -0.3 is 9.47 Å². The smallest absolute Gasteiger partial charge is 0.329 e. The van der Waals surface area contributed by atoms with Crippen LogP contribution >= 0.6 is 0 Å². The quantitative estimate of drug-likeness (QED) is 0.812. The number of aryl methyl sites for hydroxylation is 1. The Morgan fingerprint density at radius 2 is 2.20 bits per heavy atom. The number of halogens is 1. The van der Waals surface area contributed by atoms with Gasteiger partial charge in [-0.2, -0.15) is 0 Å². The average molecular weight is 281 g/mol. The normalized spacial score (nSPS) is 17.4. The fourth-order valence-electron chi connectivity index (χ4n) is 2.01. The van der Waals surface area contributed by atoms with E-state index in [-0.39, 0.29) is 18.4 Å². The minimum absolute atomic E-state index is 0.0977. The van der Waals surface area contributed by atoms with E-state index < -0.39 is 5.54 Å². The second-order valence-electron chi connectivity index (χ2n) is 5.44. The topological polar surface area (TPSA) is 47.6 Å². The van der Waals surface area contributed by atoms with Crippen LogP contribution in [0.4, 0.5) is 4.39 Å². The Hall–Kier alpha value is -1.62. The zero-order valence-corrected chi connectivity index (χ0v) is 12.0. The van der Waals surface area contributed by atoms with Crippen molar-refractivity contribution in [2.24, 2.45) is 0 Å². The van der Waals surface area contributed by atoms with Crippen LogP contribution in [0.1, 0.15) is 25.3 Å². The maximum Gasteiger partial charge on any atom is 0.329 e. The Balaban J connectivity index is 2.07. The van der Waals surface area contributed by atoms with Crippen LogP contribution in [0.3, 0.4) is 0 Å². The molecule has 0 radical (unpaired) electrons. The summed E-state index contributed by atoms with van der Waals surface area (Å²) in [6.07, 6.45) is 2.09. The molecule has 0 saturated heterocycles. The molecule has 1 fully saturated rings. The largest absolute Gasteiger partial charge is 0.491 e. The van der Waals surface area contributed by atoms with Crippen LogP contribution in [-0.4, -0.2) is 31.3 Å². The van der Waals surface area contributed by atoms with E-state index in [0.29, 0.717) is 11.8 Å². The lowest BCUT2D eigenvalue weighted by Crippen LogP contribution is -2.55. The van der Waals surface area contributed by atoms with Crippen LogP contribution in [0.25, 0.3) is 0 Å². The van der Waals surface area contributed by atoms with Gasteiger partial charge in [0.1, 0.15) is 23.7 Å². The van der Waals surface area contributed by atoms with Gasteiger partial charge in [0.15, 0.2) is 0 Å². The summed E-state index contributed by atoms with van der Waals surface area (Å²) in [4.78, 5) is 11.9. The molecular weight excluding hydrogens is 261 g/mol. The summed E-state index contributed by atoms with van der Waals surface area (Å²) in [6, 6.07) is 4.68. The van der Waals surface area contributed by atoms with E-state index in [0.717, 1.165) is 18.4 Å². The van der Waals surface area contributed by atoms with E-state index in [1.54, 1.807) is 13.0 Å². The maximum absolute atomic E-state index is 13.2. The molecule has 1 saturated carbocycles. The summed E-state index contributed by atoms with van der Waals surface area (Å²) < 4.78 is 23.7. The Labute approximate surface area is 118 Å². The maximum atomic E-state index is 13.2. The van der Waals surface area contributed by atoms with Gasteiger partial charge in [-0.3, -0.25) is 5.32 Å². The van der Waals surface area contributed by atoms with Crippen molar-refractivity contribution in [1.29, 1.82) is 0 Å². The molecule has 20 heavy (non-hydrogen) atoms. The summed E-state index contributed by atoms with van der Waals surface area (Å²) >= 11 is 0. The van der Waals surface area contributed by atoms with Gasteiger partial charge in [0.05, 0.1) is 7.11 Å². The van der Waals surface area contributed by atoms with E-state index in [9.17, 15) is 9.18 Å². The molecule has 1 unspecified atom stereocenters. The number of nitrogens with one attached hydrogen (secondary N) is 1. The first-order chi connectivity index (χ1) is 9.44. The third-order valence-corrected chi connectivity index (χ3v) is 3.40. The molecular formula is C15H20FNO3. The lowest BCUT2D eigenvalue weighted by atomic mass is 10.0. The number of carbonyl (C=O) groups is 1. The van der Waals surface area contributed by atoms with Crippen molar-refractivity contribution in [3.05, 3.63) is 29.6 Å². The van der Waals surface area contributed by atoms with Gasteiger partial charge in [-0.15, -0.1) is 0 Å². The van der Waals surface area contributed by atoms with Crippen LogP contribution in [0.2, 0.25) is 0 Å². The highest BCUT2D eigenvalue weighted by Gasteiger charge is 2.40. The van der Waals surface area contributed by atoms with Crippen molar-refractivity contribution in [2.75, 3.05) is 13.7 Å². The number of rotatable bonds is 6. The number of ether oxygens (including phenoxy) is 2. The van der Waals surface area contributed by atoms with Crippen molar-refractivity contribution < 1.29 is 18.7 Å². The predicted molar refractivity (Wildman–Crippen MR) is 73.2 cm³/mol. The van der Waals surface area contributed by atoms with Crippen molar-refractivity contribution in [3.8, 4) is 5.75 Å². The van der Waals surface area contributed by atoms with E-state index >= 15 is 0 Å². The predicted octanol–water partition coefficient (Wildman–Crippen LogP) is 2.20.